The van der Waals surface area contributed by atoms with Gasteiger partial charge in [-0.05, 0) is 56.0 Å². The van der Waals surface area contributed by atoms with E-state index in [2.05, 4.69) is 27.1 Å². The lowest BCUT2D eigenvalue weighted by Gasteiger charge is -2.44. The van der Waals surface area contributed by atoms with Crippen LogP contribution in [0.2, 0.25) is 10.0 Å². The van der Waals surface area contributed by atoms with Crippen molar-refractivity contribution in [2.75, 3.05) is 44.2 Å². The number of benzene rings is 1. The number of nitrogens with one attached hydrogen (secondary N) is 1. The molecule has 5 rings (SSSR count). The number of halogens is 2. The number of anilines is 1. The summed E-state index contributed by atoms with van der Waals surface area (Å²) in [5, 5.41) is 14.7. The molecule has 33 heavy (non-hydrogen) atoms. The van der Waals surface area contributed by atoms with Gasteiger partial charge in [0.05, 0.1) is 27.3 Å². The number of nitrogens with zero attached hydrogens (tertiary/aromatic N) is 4. The zero-order valence-electron chi connectivity index (χ0n) is 18.7. The fraction of sp³-hybridized carbons (Fsp3) is 0.542. The summed E-state index contributed by atoms with van der Waals surface area (Å²) in [5.41, 5.74) is 2.16. The highest BCUT2D eigenvalue weighted by molar-refractivity contribution is 6.42. The number of piperidine rings is 1. The van der Waals surface area contributed by atoms with Crippen LogP contribution in [-0.2, 0) is 10.2 Å². The molecule has 2 aliphatic heterocycles. The topological polar surface area (TPSA) is 81.6 Å². The third-order valence-corrected chi connectivity index (χ3v) is 8.22. The quantitative estimate of drug-likeness (QED) is 0.688. The van der Waals surface area contributed by atoms with Crippen LogP contribution in [0.25, 0.3) is 0 Å². The molecular weight excluding hydrogens is 461 g/mol. The first kappa shape index (κ1) is 22.8. The highest BCUT2D eigenvalue weighted by Gasteiger charge is 2.44. The molecule has 0 bridgehead atoms. The van der Waals surface area contributed by atoms with E-state index < -0.39 is 11.5 Å². The van der Waals surface area contributed by atoms with E-state index in [1.54, 1.807) is 12.4 Å². The van der Waals surface area contributed by atoms with Crippen LogP contribution >= 0.6 is 23.2 Å². The molecule has 9 heteroatoms. The van der Waals surface area contributed by atoms with Crippen molar-refractivity contribution >= 4 is 34.9 Å². The molecule has 2 saturated heterocycles. The van der Waals surface area contributed by atoms with Crippen molar-refractivity contribution in [2.24, 2.45) is 0 Å². The summed E-state index contributed by atoms with van der Waals surface area (Å²) >= 11 is 12.5. The third-order valence-electron chi connectivity index (χ3n) is 7.48. The minimum Gasteiger partial charge on any atom is -0.387 e. The van der Waals surface area contributed by atoms with Gasteiger partial charge in [-0.15, -0.1) is 0 Å². The van der Waals surface area contributed by atoms with E-state index in [1.807, 2.05) is 17.0 Å². The van der Waals surface area contributed by atoms with Crippen molar-refractivity contribution in [2.45, 2.75) is 43.6 Å². The van der Waals surface area contributed by atoms with Crippen molar-refractivity contribution in [1.82, 2.24) is 20.2 Å². The van der Waals surface area contributed by atoms with Crippen molar-refractivity contribution in [3.05, 3.63) is 51.4 Å². The summed E-state index contributed by atoms with van der Waals surface area (Å²) in [6.45, 7) is 6.36. The van der Waals surface area contributed by atoms with Gasteiger partial charge in [0.25, 0.3) is 0 Å². The van der Waals surface area contributed by atoms with Crippen molar-refractivity contribution in [1.29, 1.82) is 0 Å². The Bertz CT molecular complexity index is 1050. The summed E-state index contributed by atoms with van der Waals surface area (Å²) < 4.78 is 0. The first-order valence-electron chi connectivity index (χ1n) is 11.6. The molecule has 0 unspecified atom stereocenters. The molecule has 1 aromatic carbocycles. The Balaban J connectivity index is 1.36. The summed E-state index contributed by atoms with van der Waals surface area (Å²) in [6, 6.07) is 5.60. The summed E-state index contributed by atoms with van der Waals surface area (Å²) in [4.78, 5) is 27.1. The Morgan fingerprint density at radius 3 is 2.55 bits per heavy atom. The average molecular weight is 490 g/mol. The Hall–Kier alpha value is -1.93. The van der Waals surface area contributed by atoms with Gasteiger partial charge in [0.2, 0.25) is 5.91 Å². The largest absolute Gasteiger partial charge is 0.387 e. The molecule has 1 aromatic heterocycles. The van der Waals surface area contributed by atoms with Crippen LogP contribution in [0.15, 0.2) is 24.5 Å². The Morgan fingerprint density at radius 1 is 1.12 bits per heavy atom. The number of hydrogen-bond acceptors (Lipinski definition) is 6. The molecule has 0 spiro atoms. The van der Waals surface area contributed by atoms with Crippen molar-refractivity contribution in [3.8, 4) is 0 Å². The van der Waals surface area contributed by atoms with Gasteiger partial charge < -0.3 is 20.2 Å². The predicted octanol–water partition coefficient (Wildman–Crippen LogP) is 3.29. The molecule has 2 atom stereocenters. The number of rotatable bonds is 3. The van der Waals surface area contributed by atoms with E-state index in [0.29, 0.717) is 42.6 Å². The van der Waals surface area contributed by atoms with E-state index in [-0.39, 0.29) is 11.8 Å². The maximum Gasteiger partial charge on any atom is 0.233 e. The van der Waals surface area contributed by atoms with Gasteiger partial charge in [0.15, 0.2) is 0 Å². The van der Waals surface area contributed by atoms with E-state index in [0.717, 1.165) is 48.6 Å². The first-order valence-corrected chi connectivity index (χ1v) is 12.4. The van der Waals surface area contributed by atoms with Gasteiger partial charge in [-0.2, -0.15) is 0 Å². The number of aliphatic hydroxyl groups excluding tert-OH is 1. The van der Waals surface area contributed by atoms with Crippen LogP contribution in [0.3, 0.4) is 0 Å². The van der Waals surface area contributed by atoms with Crippen LogP contribution in [0.5, 0.6) is 0 Å². The minimum atomic E-state index is -0.587. The van der Waals surface area contributed by atoms with Crippen LogP contribution in [0.4, 0.5) is 5.82 Å². The molecule has 176 valence electrons. The van der Waals surface area contributed by atoms with Gasteiger partial charge in [0.1, 0.15) is 12.1 Å². The molecule has 1 aliphatic carbocycles. The maximum absolute atomic E-state index is 13.9. The van der Waals surface area contributed by atoms with E-state index in [9.17, 15) is 9.90 Å². The standard InChI is InChI=1S/C24H29Cl2N5O2/c1-15-12-19(32)21-20(15)22(29-14-28-21)30-8-10-31(11-9-30)23(33)24(4-6-27-7-5-24)16-2-3-17(25)18(26)13-16/h2-3,13-15,19,27,32H,4-12H2,1H3/t15-,19-/m1/s1. The van der Waals surface area contributed by atoms with Crippen molar-refractivity contribution in [3.63, 3.8) is 0 Å². The maximum atomic E-state index is 13.9. The second-order valence-electron chi connectivity index (χ2n) is 9.39. The molecule has 7 nitrogen and oxygen atoms in total. The number of carbonyl (C=O) groups excluding carboxylic acids is 1. The molecule has 3 heterocycles. The lowest BCUT2D eigenvalue weighted by molar-refractivity contribution is -0.139. The number of hydrogen-bond donors (Lipinski definition) is 2. The molecule has 2 fully saturated rings. The van der Waals surface area contributed by atoms with E-state index in [4.69, 9.17) is 23.2 Å². The van der Waals surface area contributed by atoms with Crippen LogP contribution in [0.1, 0.15) is 55.0 Å². The normalized spacial score (nSPS) is 24.6. The fourth-order valence-electron chi connectivity index (χ4n) is 5.65. The molecule has 0 saturated carbocycles. The zero-order chi connectivity index (χ0) is 23.2. The van der Waals surface area contributed by atoms with Gasteiger partial charge in [0, 0.05) is 31.7 Å². The summed E-state index contributed by atoms with van der Waals surface area (Å²) in [6.07, 6.45) is 3.17. The SMILES string of the molecule is C[C@@H]1C[C@@H](O)c2ncnc(N3CCN(C(=O)C4(c5ccc(Cl)c(Cl)c5)CCNCC4)CC3)c21. The second kappa shape index (κ2) is 9.02. The zero-order valence-corrected chi connectivity index (χ0v) is 20.2. The molecule has 1 amide bonds. The fourth-order valence-corrected chi connectivity index (χ4v) is 5.95. The van der Waals surface area contributed by atoms with Crippen LogP contribution in [-0.4, -0.2) is 65.2 Å². The first-order chi connectivity index (χ1) is 15.9. The second-order valence-corrected chi connectivity index (χ2v) is 10.2. The molecule has 2 N–H and O–H groups in total. The smallest absolute Gasteiger partial charge is 0.233 e. The predicted molar refractivity (Wildman–Crippen MR) is 129 cm³/mol. The van der Waals surface area contributed by atoms with Crippen LogP contribution in [0, 0.1) is 0 Å². The van der Waals surface area contributed by atoms with Gasteiger partial charge in [-0.1, -0.05) is 36.2 Å². The van der Waals surface area contributed by atoms with Crippen molar-refractivity contribution < 1.29 is 9.90 Å². The molecule has 0 radical (unpaired) electrons. The molecule has 3 aliphatic rings. The number of carbonyl (C=O) groups is 1. The highest BCUT2D eigenvalue weighted by atomic mass is 35.5. The van der Waals surface area contributed by atoms with E-state index >= 15 is 0 Å². The van der Waals surface area contributed by atoms with Gasteiger partial charge >= 0.3 is 0 Å². The lowest BCUT2D eigenvalue weighted by Crippen LogP contribution is -2.57. The summed E-state index contributed by atoms with van der Waals surface area (Å²) in [5.74, 6) is 1.29. The molecular formula is C24H29Cl2N5O2. The number of amides is 1. The number of aromatic nitrogens is 2. The van der Waals surface area contributed by atoms with E-state index in [1.165, 1.54) is 0 Å². The average Bonchev–Trinajstić information content (AvgIpc) is 3.14. The van der Waals surface area contributed by atoms with Gasteiger partial charge in [-0.3, -0.25) is 4.79 Å². The third kappa shape index (κ3) is 3.99. The monoisotopic (exact) mass is 489 g/mol. The Kier molecular flexibility index (Phi) is 6.25. The highest BCUT2D eigenvalue weighted by Crippen LogP contribution is 2.43. The number of aliphatic hydroxyl groups is 1. The molecule has 2 aromatic rings. The Labute approximate surface area is 204 Å². The minimum absolute atomic E-state index is 0.166. The Morgan fingerprint density at radius 2 is 1.85 bits per heavy atom. The number of piperazine rings is 1. The lowest BCUT2D eigenvalue weighted by atomic mass is 9.72. The number of fused-ring (bicyclic) bond motifs is 1. The van der Waals surface area contributed by atoms with Gasteiger partial charge in [-0.25, -0.2) is 9.97 Å². The summed E-state index contributed by atoms with van der Waals surface area (Å²) in [7, 11) is 0. The van der Waals surface area contributed by atoms with Crippen LogP contribution < -0.4 is 10.2 Å².